The van der Waals surface area contributed by atoms with E-state index in [9.17, 15) is 4.79 Å². The number of methoxy groups -OCH3 is 1. The van der Waals surface area contributed by atoms with Crippen LogP contribution in [0.3, 0.4) is 0 Å². The first-order valence-electron chi connectivity index (χ1n) is 7.70. The Morgan fingerprint density at radius 2 is 2.08 bits per heavy atom. The molecule has 0 aliphatic heterocycles. The van der Waals surface area contributed by atoms with Gasteiger partial charge in [0.1, 0.15) is 17.0 Å². The molecule has 0 aliphatic rings. The second-order valence-corrected chi connectivity index (χ2v) is 5.86. The standard InChI is InChI=1S/C18H13ClN4O3/c1-25-14-7-6-10(8-11(14)19)17(24)21-16-9-13(22-23-16)18-20-12-4-2-3-5-15(12)26-18/h2-9H,1H3,(H2,21,22,23,24). The van der Waals surface area contributed by atoms with Gasteiger partial charge in [-0.2, -0.15) is 5.10 Å². The lowest BCUT2D eigenvalue weighted by Crippen LogP contribution is -2.12. The molecule has 130 valence electrons. The Balaban J connectivity index is 1.54. The highest BCUT2D eigenvalue weighted by molar-refractivity contribution is 6.32. The molecule has 4 rings (SSSR count). The number of aromatic nitrogens is 3. The van der Waals surface area contributed by atoms with Crippen molar-refractivity contribution in [1.29, 1.82) is 0 Å². The Morgan fingerprint density at radius 1 is 1.23 bits per heavy atom. The van der Waals surface area contributed by atoms with Crippen LogP contribution in [0.4, 0.5) is 5.82 Å². The molecule has 0 radical (unpaired) electrons. The highest BCUT2D eigenvalue weighted by Crippen LogP contribution is 2.26. The first-order chi connectivity index (χ1) is 12.6. The maximum Gasteiger partial charge on any atom is 0.256 e. The molecule has 0 fully saturated rings. The van der Waals surface area contributed by atoms with E-state index in [1.807, 2.05) is 24.3 Å². The third-order valence-corrected chi connectivity index (χ3v) is 4.05. The number of fused-ring (bicyclic) bond motifs is 1. The number of halogens is 1. The van der Waals surface area contributed by atoms with E-state index in [4.69, 9.17) is 20.8 Å². The molecule has 0 aliphatic carbocycles. The van der Waals surface area contributed by atoms with E-state index in [0.717, 1.165) is 5.52 Å². The van der Waals surface area contributed by atoms with Gasteiger partial charge in [-0.15, -0.1) is 0 Å². The van der Waals surface area contributed by atoms with Crippen molar-refractivity contribution in [2.75, 3.05) is 12.4 Å². The zero-order valence-electron chi connectivity index (χ0n) is 13.6. The van der Waals surface area contributed by atoms with Gasteiger partial charge in [-0.3, -0.25) is 9.89 Å². The summed E-state index contributed by atoms with van der Waals surface area (Å²) in [6.45, 7) is 0. The van der Waals surface area contributed by atoms with Crippen LogP contribution < -0.4 is 10.1 Å². The third kappa shape index (κ3) is 3.00. The fraction of sp³-hybridized carbons (Fsp3) is 0.0556. The summed E-state index contributed by atoms with van der Waals surface area (Å²) >= 11 is 6.05. The quantitative estimate of drug-likeness (QED) is 0.565. The Hall–Kier alpha value is -3.32. The summed E-state index contributed by atoms with van der Waals surface area (Å²) in [6, 6.07) is 13.9. The first kappa shape index (κ1) is 16.2. The molecule has 4 aromatic rings. The summed E-state index contributed by atoms with van der Waals surface area (Å²) in [5, 5.41) is 9.92. The number of rotatable bonds is 4. The number of amides is 1. The van der Waals surface area contributed by atoms with E-state index in [1.54, 1.807) is 18.2 Å². The van der Waals surface area contributed by atoms with Crippen LogP contribution in [0.25, 0.3) is 22.7 Å². The molecule has 0 spiro atoms. The smallest absolute Gasteiger partial charge is 0.256 e. The number of anilines is 1. The predicted molar refractivity (Wildman–Crippen MR) is 97.5 cm³/mol. The maximum absolute atomic E-state index is 12.3. The van der Waals surface area contributed by atoms with Gasteiger partial charge in [0.25, 0.3) is 5.91 Å². The molecule has 1 amide bonds. The van der Waals surface area contributed by atoms with Crippen LogP contribution in [-0.4, -0.2) is 28.2 Å². The second-order valence-electron chi connectivity index (χ2n) is 5.46. The number of para-hydroxylation sites is 2. The van der Waals surface area contributed by atoms with Crippen molar-refractivity contribution in [3.63, 3.8) is 0 Å². The normalized spacial score (nSPS) is 10.8. The molecule has 26 heavy (non-hydrogen) atoms. The van der Waals surface area contributed by atoms with Crippen LogP contribution in [0.2, 0.25) is 5.02 Å². The number of benzene rings is 2. The summed E-state index contributed by atoms with van der Waals surface area (Å²) in [7, 11) is 1.51. The van der Waals surface area contributed by atoms with Crippen LogP contribution in [0.1, 0.15) is 10.4 Å². The lowest BCUT2D eigenvalue weighted by molar-refractivity contribution is 0.102. The van der Waals surface area contributed by atoms with Crippen molar-refractivity contribution in [2.24, 2.45) is 0 Å². The minimum atomic E-state index is -0.342. The first-order valence-corrected chi connectivity index (χ1v) is 8.08. The van der Waals surface area contributed by atoms with Crippen LogP contribution >= 0.6 is 11.6 Å². The fourth-order valence-corrected chi connectivity index (χ4v) is 2.74. The zero-order chi connectivity index (χ0) is 18.1. The highest BCUT2D eigenvalue weighted by atomic mass is 35.5. The number of hydrogen-bond donors (Lipinski definition) is 2. The van der Waals surface area contributed by atoms with Crippen molar-refractivity contribution in [3.8, 4) is 17.3 Å². The Bertz CT molecular complexity index is 1070. The molecule has 0 saturated heterocycles. The van der Waals surface area contributed by atoms with E-state index < -0.39 is 0 Å². The monoisotopic (exact) mass is 368 g/mol. The summed E-state index contributed by atoms with van der Waals surface area (Å²) < 4.78 is 10.7. The SMILES string of the molecule is COc1ccc(C(=O)Nc2cc(-c3nc4ccccc4o3)[nH]n2)cc1Cl. The molecule has 2 N–H and O–H groups in total. The van der Waals surface area contributed by atoms with Crippen LogP contribution in [-0.2, 0) is 0 Å². The van der Waals surface area contributed by atoms with E-state index in [2.05, 4.69) is 20.5 Å². The van der Waals surface area contributed by atoms with Gasteiger partial charge in [0.2, 0.25) is 5.89 Å². The number of nitrogens with one attached hydrogen (secondary N) is 2. The maximum atomic E-state index is 12.3. The molecule has 0 bridgehead atoms. The molecule has 7 nitrogen and oxygen atoms in total. The number of oxazole rings is 1. The van der Waals surface area contributed by atoms with Gasteiger partial charge in [-0.05, 0) is 30.3 Å². The van der Waals surface area contributed by atoms with E-state index in [1.165, 1.54) is 13.2 Å². The largest absolute Gasteiger partial charge is 0.495 e. The molecule has 2 aromatic carbocycles. The molecule has 0 saturated carbocycles. The Morgan fingerprint density at radius 3 is 2.85 bits per heavy atom. The minimum absolute atomic E-state index is 0.342. The van der Waals surface area contributed by atoms with Gasteiger partial charge < -0.3 is 14.5 Å². The number of H-pyrrole nitrogens is 1. The van der Waals surface area contributed by atoms with Crippen LogP contribution in [0.5, 0.6) is 5.75 Å². The van der Waals surface area contributed by atoms with Gasteiger partial charge in [0.05, 0.1) is 12.1 Å². The number of ether oxygens (including phenoxy) is 1. The molecular weight excluding hydrogens is 356 g/mol. The molecular formula is C18H13ClN4O3. The molecule has 8 heteroatoms. The number of carbonyl (C=O) groups is 1. The van der Waals surface area contributed by atoms with Gasteiger partial charge in [0.15, 0.2) is 11.4 Å². The average Bonchev–Trinajstić information content (AvgIpc) is 3.28. The van der Waals surface area contributed by atoms with Crippen molar-refractivity contribution in [3.05, 3.63) is 59.1 Å². The average molecular weight is 369 g/mol. The van der Waals surface area contributed by atoms with E-state index in [-0.39, 0.29) is 5.91 Å². The van der Waals surface area contributed by atoms with Gasteiger partial charge in [0, 0.05) is 11.6 Å². The van der Waals surface area contributed by atoms with Gasteiger partial charge in [-0.25, -0.2) is 4.98 Å². The summed E-state index contributed by atoms with van der Waals surface area (Å²) in [5.41, 5.74) is 2.37. The zero-order valence-corrected chi connectivity index (χ0v) is 14.4. The molecule has 2 heterocycles. The van der Waals surface area contributed by atoms with Gasteiger partial charge in [-0.1, -0.05) is 23.7 Å². The molecule has 0 unspecified atom stereocenters. The topological polar surface area (TPSA) is 93.0 Å². The number of nitrogens with zero attached hydrogens (tertiary/aromatic N) is 2. The summed E-state index contributed by atoms with van der Waals surface area (Å²) in [4.78, 5) is 16.7. The highest BCUT2D eigenvalue weighted by Gasteiger charge is 2.14. The third-order valence-electron chi connectivity index (χ3n) is 3.76. The number of hydrogen-bond acceptors (Lipinski definition) is 5. The van der Waals surface area contributed by atoms with E-state index >= 15 is 0 Å². The molecule has 0 atom stereocenters. The predicted octanol–water partition coefficient (Wildman–Crippen LogP) is 4.13. The molecule has 2 aromatic heterocycles. The van der Waals surface area contributed by atoms with Crippen molar-refractivity contribution in [1.82, 2.24) is 15.2 Å². The fourth-order valence-electron chi connectivity index (χ4n) is 2.48. The Kier molecular flexibility index (Phi) is 4.06. The number of carbonyl (C=O) groups excluding carboxylic acids is 1. The van der Waals surface area contributed by atoms with Crippen molar-refractivity contribution in [2.45, 2.75) is 0 Å². The van der Waals surface area contributed by atoms with Crippen molar-refractivity contribution < 1.29 is 13.9 Å². The minimum Gasteiger partial charge on any atom is -0.495 e. The van der Waals surface area contributed by atoms with Gasteiger partial charge >= 0.3 is 0 Å². The summed E-state index contributed by atoms with van der Waals surface area (Å²) in [6.07, 6.45) is 0. The summed E-state index contributed by atoms with van der Waals surface area (Å²) in [5.74, 6) is 0.900. The van der Waals surface area contributed by atoms with Crippen LogP contribution in [0, 0.1) is 0 Å². The van der Waals surface area contributed by atoms with Crippen molar-refractivity contribution >= 4 is 34.4 Å². The second kappa shape index (κ2) is 6.53. The lowest BCUT2D eigenvalue weighted by Gasteiger charge is -2.05. The number of aromatic amines is 1. The van der Waals surface area contributed by atoms with E-state index in [0.29, 0.717) is 39.3 Å². The lowest BCUT2D eigenvalue weighted by atomic mass is 10.2. The Labute approximate surface area is 152 Å². The van der Waals surface area contributed by atoms with Crippen LogP contribution in [0.15, 0.2) is 52.9 Å².